The van der Waals surface area contributed by atoms with Crippen molar-refractivity contribution < 1.29 is 15.0 Å². The fourth-order valence-electron chi connectivity index (χ4n) is 3.86. The van der Waals surface area contributed by atoms with E-state index >= 15 is 0 Å². The summed E-state index contributed by atoms with van der Waals surface area (Å²) in [6.07, 6.45) is 2.59. The van der Waals surface area contributed by atoms with Crippen LogP contribution in [0.3, 0.4) is 0 Å². The van der Waals surface area contributed by atoms with Crippen LogP contribution in [0, 0.1) is 5.92 Å². The van der Waals surface area contributed by atoms with Gasteiger partial charge in [0.05, 0.1) is 12.0 Å². The fourth-order valence-corrected chi connectivity index (χ4v) is 3.86. The predicted octanol–water partition coefficient (Wildman–Crippen LogP) is 1.24. The van der Waals surface area contributed by atoms with Crippen LogP contribution >= 0.6 is 0 Å². The molecule has 3 rings (SSSR count). The Morgan fingerprint density at radius 3 is 2.71 bits per heavy atom. The molecule has 5 nitrogen and oxygen atoms in total. The van der Waals surface area contributed by atoms with Crippen LogP contribution < -0.4 is 0 Å². The van der Waals surface area contributed by atoms with Crippen LogP contribution in [0.4, 0.5) is 0 Å². The van der Waals surface area contributed by atoms with Crippen LogP contribution in [-0.2, 0) is 11.3 Å². The molecule has 1 unspecified atom stereocenters. The van der Waals surface area contributed by atoms with E-state index in [2.05, 4.69) is 17.0 Å². The van der Waals surface area contributed by atoms with Gasteiger partial charge in [0.2, 0.25) is 5.91 Å². The number of β-amino-alcohol motifs (C(OH)–C–C–N with tert-alkyl or cyclic N) is 1. The minimum atomic E-state index is -0.911. The molecule has 1 atom stereocenters. The van der Waals surface area contributed by atoms with E-state index in [1.807, 2.05) is 23.1 Å². The van der Waals surface area contributed by atoms with Crippen LogP contribution in [0.15, 0.2) is 30.3 Å². The van der Waals surface area contributed by atoms with E-state index in [1.54, 1.807) is 0 Å². The maximum Gasteiger partial charge on any atom is 0.225 e. The van der Waals surface area contributed by atoms with Gasteiger partial charge in [-0.3, -0.25) is 9.69 Å². The third kappa shape index (κ3) is 4.35. The Kier molecular flexibility index (Phi) is 5.54. The minimum absolute atomic E-state index is 0.0493. The molecule has 0 saturated carbocycles. The summed E-state index contributed by atoms with van der Waals surface area (Å²) >= 11 is 0. The third-order valence-electron chi connectivity index (χ3n) is 5.21. The van der Waals surface area contributed by atoms with Gasteiger partial charge in [0.15, 0.2) is 0 Å². The molecule has 1 aromatic carbocycles. The molecule has 5 heteroatoms. The standard InChI is InChI=1S/C19H28N2O3/c22-10-7-17-13-21(14-17)18(23)11-19(24)8-4-9-20(15-19)12-16-5-2-1-3-6-16/h1-3,5-6,17,22,24H,4,7-15H2. The van der Waals surface area contributed by atoms with Gasteiger partial charge in [0.25, 0.3) is 0 Å². The van der Waals surface area contributed by atoms with Gasteiger partial charge in [-0.05, 0) is 37.3 Å². The quantitative estimate of drug-likeness (QED) is 0.823. The Morgan fingerprint density at radius 2 is 2.00 bits per heavy atom. The molecule has 2 heterocycles. The lowest BCUT2D eigenvalue weighted by Gasteiger charge is -2.43. The van der Waals surface area contributed by atoms with Gasteiger partial charge in [0.1, 0.15) is 0 Å². The van der Waals surface area contributed by atoms with Crippen LogP contribution in [-0.4, -0.2) is 64.3 Å². The monoisotopic (exact) mass is 332 g/mol. The fraction of sp³-hybridized carbons (Fsp3) is 0.632. The number of carbonyl (C=O) groups excluding carboxylic acids is 1. The highest BCUT2D eigenvalue weighted by atomic mass is 16.3. The second-order valence-electron chi connectivity index (χ2n) is 7.38. The third-order valence-corrected chi connectivity index (χ3v) is 5.21. The van der Waals surface area contributed by atoms with E-state index in [4.69, 9.17) is 5.11 Å². The number of aliphatic hydroxyl groups excluding tert-OH is 1. The van der Waals surface area contributed by atoms with Crippen LogP contribution in [0.2, 0.25) is 0 Å². The molecule has 2 fully saturated rings. The summed E-state index contributed by atoms with van der Waals surface area (Å²) in [6, 6.07) is 10.3. The van der Waals surface area contributed by atoms with E-state index < -0.39 is 5.60 Å². The van der Waals surface area contributed by atoms with Gasteiger partial charge in [-0.2, -0.15) is 0 Å². The number of amides is 1. The largest absolute Gasteiger partial charge is 0.396 e. The molecule has 2 saturated heterocycles. The van der Waals surface area contributed by atoms with Crippen molar-refractivity contribution in [3.63, 3.8) is 0 Å². The van der Waals surface area contributed by atoms with Crippen molar-refractivity contribution in [3.8, 4) is 0 Å². The zero-order valence-corrected chi connectivity index (χ0v) is 14.2. The van der Waals surface area contributed by atoms with Crippen molar-refractivity contribution in [1.82, 2.24) is 9.80 Å². The van der Waals surface area contributed by atoms with Gasteiger partial charge in [-0.1, -0.05) is 30.3 Å². The van der Waals surface area contributed by atoms with Crippen molar-refractivity contribution in [3.05, 3.63) is 35.9 Å². The lowest BCUT2D eigenvalue weighted by Crippen LogP contribution is -2.55. The van der Waals surface area contributed by atoms with Gasteiger partial charge in [-0.15, -0.1) is 0 Å². The Labute approximate surface area is 143 Å². The Hall–Kier alpha value is -1.43. The van der Waals surface area contributed by atoms with E-state index in [0.717, 1.165) is 39.0 Å². The van der Waals surface area contributed by atoms with Crippen molar-refractivity contribution in [2.24, 2.45) is 5.92 Å². The van der Waals surface area contributed by atoms with E-state index in [9.17, 15) is 9.90 Å². The molecular formula is C19H28N2O3. The summed E-state index contributed by atoms with van der Waals surface area (Å²) in [5.41, 5.74) is 0.328. The minimum Gasteiger partial charge on any atom is -0.396 e. The number of hydrogen-bond acceptors (Lipinski definition) is 4. The van der Waals surface area contributed by atoms with Crippen LogP contribution in [0.25, 0.3) is 0 Å². The maximum absolute atomic E-state index is 12.4. The molecule has 132 valence electrons. The molecule has 0 aromatic heterocycles. The number of hydrogen-bond donors (Lipinski definition) is 2. The first-order chi connectivity index (χ1) is 11.6. The lowest BCUT2D eigenvalue weighted by molar-refractivity contribution is -0.145. The molecule has 0 radical (unpaired) electrons. The smallest absolute Gasteiger partial charge is 0.225 e. The summed E-state index contributed by atoms with van der Waals surface area (Å²) in [7, 11) is 0. The molecule has 0 spiro atoms. The van der Waals surface area contributed by atoms with Crippen molar-refractivity contribution in [2.45, 2.75) is 37.8 Å². The second-order valence-corrected chi connectivity index (χ2v) is 7.38. The summed E-state index contributed by atoms with van der Waals surface area (Å²) < 4.78 is 0. The highest BCUT2D eigenvalue weighted by Gasteiger charge is 2.39. The van der Waals surface area contributed by atoms with Crippen molar-refractivity contribution in [2.75, 3.05) is 32.8 Å². The average molecular weight is 332 g/mol. The Morgan fingerprint density at radius 1 is 1.25 bits per heavy atom. The molecule has 24 heavy (non-hydrogen) atoms. The first-order valence-corrected chi connectivity index (χ1v) is 8.95. The molecule has 2 aliphatic rings. The van der Waals surface area contributed by atoms with E-state index in [-0.39, 0.29) is 18.9 Å². The first-order valence-electron chi connectivity index (χ1n) is 8.95. The Bertz CT molecular complexity index is 545. The molecule has 1 aromatic rings. The van der Waals surface area contributed by atoms with Gasteiger partial charge < -0.3 is 15.1 Å². The van der Waals surface area contributed by atoms with Gasteiger partial charge in [-0.25, -0.2) is 0 Å². The maximum atomic E-state index is 12.4. The lowest BCUT2D eigenvalue weighted by atomic mass is 9.87. The molecule has 2 aliphatic heterocycles. The number of carbonyl (C=O) groups is 1. The average Bonchev–Trinajstić information content (AvgIpc) is 2.51. The predicted molar refractivity (Wildman–Crippen MR) is 92.3 cm³/mol. The zero-order valence-electron chi connectivity index (χ0n) is 14.2. The second kappa shape index (κ2) is 7.64. The number of aliphatic hydroxyl groups is 2. The van der Waals surface area contributed by atoms with E-state index in [1.165, 1.54) is 5.56 Å². The molecule has 2 N–H and O–H groups in total. The van der Waals surface area contributed by atoms with Crippen molar-refractivity contribution >= 4 is 5.91 Å². The highest BCUT2D eigenvalue weighted by Crippen LogP contribution is 2.28. The Balaban J connectivity index is 1.50. The summed E-state index contributed by atoms with van der Waals surface area (Å²) in [5.74, 6) is 0.475. The zero-order chi connectivity index (χ0) is 17.0. The van der Waals surface area contributed by atoms with Crippen LogP contribution in [0.5, 0.6) is 0 Å². The molecular weight excluding hydrogens is 304 g/mol. The number of piperidine rings is 1. The summed E-state index contributed by atoms with van der Waals surface area (Å²) in [6.45, 7) is 3.98. The van der Waals surface area contributed by atoms with Crippen LogP contribution in [0.1, 0.15) is 31.2 Å². The summed E-state index contributed by atoms with van der Waals surface area (Å²) in [5, 5.41) is 19.8. The number of nitrogens with zero attached hydrogens (tertiary/aromatic N) is 2. The number of benzene rings is 1. The van der Waals surface area contributed by atoms with Crippen molar-refractivity contribution in [1.29, 1.82) is 0 Å². The summed E-state index contributed by atoms with van der Waals surface area (Å²) in [4.78, 5) is 16.5. The normalized spacial score (nSPS) is 25.5. The topological polar surface area (TPSA) is 64.0 Å². The van der Waals surface area contributed by atoms with Gasteiger partial charge in [0, 0.05) is 32.8 Å². The number of rotatable bonds is 6. The van der Waals surface area contributed by atoms with Gasteiger partial charge >= 0.3 is 0 Å². The first kappa shape index (κ1) is 17.4. The molecule has 0 bridgehead atoms. The van der Waals surface area contributed by atoms with E-state index in [0.29, 0.717) is 18.9 Å². The SMILES string of the molecule is O=C(CC1(O)CCCN(Cc2ccccc2)C1)N1CC(CCO)C1. The highest BCUT2D eigenvalue weighted by molar-refractivity contribution is 5.78. The molecule has 0 aliphatic carbocycles. The number of likely N-dealkylation sites (tertiary alicyclic amines) is 2. The molecule has 1 amide bonds.